The number of fused-ring (bicyclic) bond motifs is 7. The molecule has 2 aliphatic heterocycles. The monoisotopic (exact) mass is 758 g/mol. The van der Waals surface area contributed by atoms with Crippen LogP contribution in [0.5, 0.6) is 0 Å². The number of ether oxygens (including phenoxy) is 2. The van der Waals surface area contributed by atoms with Crippen LogP contribution in [-0.4, -0.2) is 36.1 Å². The molecule has 0 aromatic heterocycles. The standard InChI is InChI=1S/C43H54N2O10/c1-23(2)7-6-8-24(3)33-13-14-34-32-22-37(55-45(51)26-10-12-29-31(20-26)41(49)53-39(29)47)36-21-27(15-17-43(36,5)35(32)16-18-42(33,34)4)54-44(50)25-9-11-28-30(19-25)40(48)52-38(28)46/h9-12,19-20,23-24,27,32-37,44-45H,6-8,13-18,21-22H2,1-5H3. The van der Waals surface area contributed by atoms with Gasteiger partial charge in [0.15, 0.2) is 11.4 Å². The minimum Gasteiger partial charge on any atom is -0.595 e. The Balaban J connectivity index is 1.05. The van der Waals surface area contributed by atoms with E-state index in [0.29, 0.717) is 48.3 Å². The molecule has 0 radical (unpaired) electrons. The lowest BCUT2D eigenvalue weighted by Crippen LogP contribution is -3.02. The average Bonchev–Trinajstić information content (AvgIpc) is 3.76. The van der Waals surface area contributed by atoms with Crippen LogP contribution in [0.4, 0.5) is 11.4 Å². The lowest BCUT2D eigenvalue weighted by Gasteiger charge is -2.62. The molecule has 2 aromatic carbocycles. The number of rotatable bonds is 11. The first-order chi connectivity index (χ1) is 26.2. The molecule has 12 atom stereocenters. The molecule has 8 rings (SSSR count). The van der Waals surface area contributed by atoms with Gasteiger partial charge in [0.2, 0.25) is 0 Å². The van der Waals surface area contributed by atoms with Gasteiger partial charge in [-0.15, -0.1) is 0 Å². The van der Waals surface area contributed by atoms with E-state index < -0.39 is 46.5 Å². The molecule has 0 spiro atoms. The number of benzene rings is 2. The number of cyclic esters (lactones) is 4. The molecule has 12 unspecified atom stereocenters. The maximum Gasteiger partial charge on any atom is 0.347 e. The van der Waals surface area contributed by atoms with Crippen molar-refractivity contribution >= 4 is 35.3 Å². The van der Waals surface area contributed by atoms with E-state index in [0.717, 1.165) is 19.3 Å². The van der Waals surface area contributed by atoms with Crippen LogP contribution in [0.1, 0.15) is 147 Å². The lowest BCUT2D eigenvalue weighted by molar-refractivity contribution is -1.01. The zero-order valence-corrected chi connectivity index (χ0v) is 32.5. The van der Waals surface area contributed by atoms with Crippen LogP contribution in [0.3, 0.4) is 0 Å². The van der Waals surface area contributed by atoms with Crippen LogP contribution >= 0.6 is 0 Å². The molecule has 0 saturated heterocycles. The van der Waals surface area contributed by atoms with Gasteiger partial charge in [0.1, 0.15) is 12.2 Å². The smallest absolute Gasteiger partial charge is 0.347 e. The van der Waals surface area contributed by atoms with Crippen molar-refractivity contribution < 1.29 is 48.8 Å². The van der Waals surface area contributed by atoms with Crippen molar-refractivity contribution in [1.29, 1.82) is 0 Å². The van der Waals surface area contributed by atoms with E-state index in [1.807, 2.05) is 0 Å². The Morgan fingerprint density at radius 1 is 0.691 bits per heavy atom. The minimum atomic E-state index is -0.783. The molecule has 12 nitrogen and oxygen atoms in total. The number of carbonyl (C=O) groups excluding carboxylic acids is 4. The molecule has 55 heavy (non-hydrogen) atoms. The van der Waals surface area contributed by atoms with Crippen molar-refractivity contribution in [1.82, 2.24) is 0 Å². The third kappa shape index (κ3) is 6.66. The van der Waals surface area contributed by atoms with Crippen LogP contribution in [0, 0.1) is 62.7 Å². The van der Waals surface area contributed by atoms with Gasteiger partial charge in [-0.2, -0.15) is 20.1 Å². The maximum absolute atomic E-state index is 14.0. The van der Waals surface area contributed by atoms with Gasteiger partial charge >= 0.3 is 23.9 Å². The molecule has 296 valence electrons. The second kappa shape index (κ2) is 14.5. The van der Waals surface area contributed by atoms with Gasteiger partial charge < -0.3 is 19.9 Å². The molecule has 0 amide bonds. The third-order valence-electron chi connectivity index (χ3n) is 15.1. The van der Waals surface area contributed by atoms with Gasteiger partial charge in [0, 0.05) is 24.3 Å². The quantitative estimate of drug-likeness (QED) is 0.150. The normalized spacial score (nSPS) is 35.3. The summed E-state index contributed by atoms with van der Waals surface area (Å²) in [7, 11) is 0. The lowest BCUT2D eigenvalue weighted by atomic mass is 9.43. The van der Waals surface area contributed by atoms with Gasteiger partial charge in [-0.25, -0.2) is 19.2 Å². The SMILES string of the molecule is CC(C)CCCC(C)C1CCC2C3CC(O[NH+]([O-])c4ccc5c(c4)C(=O)OC5=O)C4CC(O[NH+]([O-])c5ccc6c(c5)C(=O)OC6=O)CCC4(C)C3CCC12C. The summed E-state index contributed by atoms with van der Waals surface area (Å²) in [5, 5.41) is 26.4. The Kier molecular flexibility index (Phi) is 10.1. The summed E-state index contributed by atoms with van der Waals surface area (Å²) in [5.41, 5.74) is 0.785. The van der Waals surface area contributed by atoms with Gasteiger partial charge in [-0.1, -0.05) is 53.9 Å². The molecule has 2 heterocycles. The van der Waals surface area contributed by atoms with E-state index >= 15 is 0 Å². The molecular weight excluding hydrogens is 704 g/mol. The predicted octanol–water partition coefficient (Wildman–Crippen LogP) is 6.37. The molecule has 12 heteroatoms. The highest BCUT2D eigenvalue weighted by molar-refractivity contribution is 6.15. The molecular formula is C43H54N2O10. The van der Waals surface area contributed by atoms with E-state index in [4.69, 9.17) is 19.1 Å². The van der Waals surface area contributed by atoms with Crippen LogP contribution < -0.4 is 10.5 Å². The highest BCUT2D eigenvalue weighted by Crippen LogP contribution is 2.68. The topological polar surface area (TPSA) is 160 Å². The molecule has 6 aliphatic rings. The fourth-order valence-electron chi connectivity index (χ4n) is 12.3. The van der Waals surface area contributed by atoms with E-state index in [1.54, 1.807) is 0 Å². The average molecular weight is 759 g/mol. The molecule has 2 aromatic rings. The van der Waals surface area contributed by atoms with E-state index in [-0.39, 0.29) is 50.4 Å². The molecule has 4 saturated carbocycles. The summed E-state index contributed by atoms with van der Waals surface area (Å²) in [5.74, 6) is 0.278. The summed E-state index contributed by atoms with van der Waals surface area (Å²) in [4.78, 5) is 61.3. The Labute approximate surface area is 322 Å². The van der Waals surface area contributed by atoms with Gasteiger partial charge in [-0.3, -0.25) is 0 Å². The van der Waals surface area contributed by atoms with Crippen LogP contribution in [0.15, 0.2) is 36.4 Å². The van der Waals surface area contributed by atoms with Crippen molar-refractivity contribution in [3.05, 3.63) is 69.1 Å². The van der Waals surface area contributed by atoms with Crippen LogP contribution in [0.2, 0.25) is 0 Å². The fourth-order valence-corrected chi connectivity index (χ4v) is 12.3. The Bertz CT molecular complexity index is 1880. The zero-order valence-electron chi connectivity index (χ0n) is 32.5. The number of hydrogen-bond acceptors (Lipinski definition) is 10. The highest BCUT2D eigenvalue weighted by atomic mass is 16.9. The fraction of sp³-hybridized carbons (Fsp3) is 0.628. The van der Waals surface area contributed by atoms with E-state index in [9.17, 15) is 29.6 Å². The number of quaternary nitrogens is 2. The summed E-state index contributed by atoms with van der Waals surface area (Å²) in [6.07, 6.45) is 10.3. The van der Waals surface area contributed by atoms with Crippen molar-refractivity contribution in [2.24, 2.45) is 52.3 Å². The summed E-state index contributed by atoms with van der Waals surface area (Å²) in [6, 6.07) is 8.59. The summed E-state index contributed by atoms with van der Waals surface area (Å²) < 4.78 is 9.47. The number of nitrogens with one attached hydrogen (secondary N) is 2. The zero-order chi connectivity index (χ0) is 39.0. The summed E-state index contributed by atoms with van der Waals surface area (Å²) in [6.45, 7) is 12.0. The number of esters is 4. The van der Waals surface area contributed by atoms with Crippen molar-refractivity contribution in [2.75, 3.05) is 0 Å². The largest absolute Gasteiger partial charge is 0.595 e. The van der Waals surface area contributed by atoms with Gasteiger partial charge in [0.05, 0.1) is 22.3 Å². The van der Waals surface area contributed by atoms with E-state index in [1.165, 1.54) is 74.9 Å². The van der Waals surface area contributed by atoms with E-state index in [2.05, 4.69) is 34.6 Å². The Morgan fingerprint density at radius 3 is 1.87 bits per heavy atom. The Morgan fingerprint density at radius 2 is 1.25 bits per heavy atom. The van der Waals surface area contributed by atoms with Crippen molar-refractivity contribution in [2.45, 2.75) is 117 Å². The van der Waals surface area contributed by atoms with Crippen molar-refractivity contribution in [3.8, 4) is 0 Å². The number of carbonyl (C=O) groups is 4. The Hall–Kier alpha value is -3.52. The first-order valence-electron chi connectivity index (χ1n) is 20.4. The molecule has 4 aliphatic carbocycles. The summed E-state index contributed by atoms with van der Waals surface area (Å²) >= 11 is 0. The first kappa shape index (κ1) is 38.4. The molecule has 0 bridgehead atoms. The van der Waals surface area contributed by atoms with Crippen molar-refractivity contribution in [3.63, 3.8) is 0 Å². The van der Waals surface area contributed by atoms with Gasteiger partial charge in [-0.05, 0) is 116 Å². The minimum absolute atomic E-state index is 0.0496. The highest BCUT2D eigenvalue weighted by Gasteiger charge is 2.63. The van der Waals surface area contributed by atoms with Crippen LogP contribution in [0.25, 0.3) is 0 Å². The maximum atomic E-state index is 14.0. The second-order valence-corrected chi connectivity index (χ2v) is 18.4. The number of hydrogen-bond donors (Lipinski definition) is 2. The molecule has 2 N–H and O–H groups in total. The molecule has 4 fully saturated rings. The first-order valence-corrected chi connectivity index (χ1v) is 20.4. The predicted molar refractivity (Wildman–Crippen MR) is 199 cm³/mol. The second-order valence-electron chi connectivity index (χ2n) is 18.4. The van der Waals surface area contributed by atoms with Crippen LogP contribution in [-0.2, 0) is 19.1 Å². The third-order valence-corrected chi connectivity index (χ3v) is 15.1. The van der Waals surface area contributed by atoms with Gasteiger partial charge in [0.25, 0.3) is 0 Å².